The summed E-state index contributed by atoms with van der Waals surface area (Å²) in [6, 6.07) is 15.8. The van der Waals surface area contributed by atoms with E-state index in [0.717, 1.165) is 75.6 Å². The number of nitrogens with one attached hydrogen (secondary N) is 2. The summed E-state index contributed by atoms with van der Waals surface area (Å²) in [4.78, 5) is 26.4. The average Bonchev–Trinajstić information content (AvgIpc) is 3.43. The molecule has 4 heterocycles. The summed E-state index contributed by atoms with van der Waals surface area (Å²) < 4.78 is 0.934. The Bertz CT molecular complexity index is 1440. The van der Waals surface area contributed by atoms with Crippen molar-refractivity contribution in [3.63, 3.8) is 0 Å². The van der Waals surface area contributed by atoms with Crippen LogP contribution in [0.15, 0.2) is 64.2 Å². The molecule has 2 N–H and O–H groups in total. The quantitative estimate of drug-likeness (QED) is 0.377. The molecule has 0 bridgehead atoms. The van der Waals surface area contributed by atoms with Crippen LogP contribution in [0.4, 0.5) is 17.2 Å². The topological polar surface area (TPSA) is 89.5 Å². The summed E-state index contributed by atoms with van der Waals surface area (Å²) in [6.07, 6.45) is 3.59. The molecule has 1 atom stereocenters. The standard InChI is InChI=1S/C26H24BrN7O/c1-33-8-10-34(11-9-33)24-7-2-16(14-29-24)25-19-5-4-18(13-23(19)31-32-25)28-15-21-20-12-17(27)3-6-22(20)30-26(21)35/h2-7,12-15,21H,8-11H2,1H3,(H,30,35)(H,31,32). The molecule has 1 unspecified atom stereocenters. The van der Waals surface area contributed by atoms with Gasteiger partial charge in [0.25, 0.3) is 0 Å². The number of nitrogens with zero attached hydrogens (tertiary/aromatic N) is 5. The van der Waals surface area contributed by atoms with Crippen molar-refractivity contribution >= 4 is 56.1 Å². The second-order valence-corrected chi connectivity index (χ2v) is 9.89. The highest BCUT2D eigenvalue weighted by Crippen LogP contribution is 2.34. The molecule has 8 nitrogen and oxygen atoms in total. The van der Waals surface area contributed by atoms with Crippen LogP contribution in [-0.4, -0.2) is 65.4 Å². The molecule has 0 radical (unpaired) electrons. The monoisotopic (exact) mass is 529 g/mol. The number of aromatic amines is 1. The van der Waals surface area contributed by atoms with Crippen LogP contribution in [0.3, 0.4) is 0 Å². The minimum absolute atomic E-state index is 0.0701. The molecule has 4 aromatic rings. The molecule has 0 aliphatic carbocycles. The number of H-pyrrole nitrogens is 1. The van der Waals surface area contributed by atoms with Gasteiger partial charge in [0, 0.05) is 59.7 Å². The van der Waals surface area contributed by atoms with Crippen molar-refractivity contribution in [2.24, 2.45) is 4.99 Å². The van der Waals surface area contributed by atoms with Crippen molar-refractivity contribution in [1.29, 1.82) is 0 Å². The first-order chi connectivity index (χ1) is 17.0. The maximum absolute atomic E-state index is 12.4. The Kier molecular flexibility index (Phi) is 5.58. The number of carbonyl (C=O) groups is 1. The number of likely N-dealkylation sites (N-methyl/N-ethyl adjacent to an activating group) is 1. The number of piperazine rings is 1. The van der Waals surface area contributed by atoms with Gasteiger partial charge in [-0.1, -0.05) is 15.9 Å². The van der Waals surface area contributed by atoms with Gasteiger partial charge >= 0.3 is 0 Å². The van der Waals surface area contributed by atoms with Gasteiger partial charge in [0.15, 0.2) is 0 Å². The fourth-order valence-corrected chi connectivity index (χ4v) is 5.00. The number of pyridine rings is 1. The van der Waals surface area contributed by atoms with E-state index in [-0.39, 0.29) is 5.91 Å². The number of rotatable bonds is 4. The molecular formula is C26H24BrN7O. The predicted molar refractivity (Wildman–Crippen MR) is 143 cm³/mol. The van der Waals surface area contributed by atoms with Gasteiger partial charge in [0.05, 0.1) is 11.2 Å². The second kappa shape index (κ2) is 8.90. The molecular weight excluding hydrogens is 506 g/mol. The number of aromatic nitrogens is 3. The predicted octanol–water partition coefficient (Wildman–Crippen LogP) is 4.58. The molecule has 1 saturated heterocycles. The van der Waals surface area contributed by atoms with E-state index in [1.54, 1.807) is 6.21 Å². The number of anilines is 2. The molecule has 2 aliphatic heterocycles. The van der Waals surface area contributed by atoms with Gasteiger partial charge < -0.3 is 15.1 Å². The van der Waals surface area contributed by atoms with Crippen LogP contribution in [0.1, 0.15) is 11.5 Å². The Hall–Kier alpha value is -3.56. The third kappa shape index (κ3) is 4.21. The first kappa shape index (κ1) is 21.9. The number of amides is 1. The molecule has 9 heteroatoms. The summed E-state index contributed by atoms with van der Waals surface area (Å²) in [5.74, 6) is 0.516. The Morgan fingerprint density at radius 2 is 1.94 bits per heavy atom. The van der Waals surface area contributed by atoms with E-state index in [4.69, 9.17) is 4.98 Å². The van der Waals surface area contributed by atoms with E-state index < -0.39 is 5.92 Å². The Balaban J connectivity index is 1.22. The van der Waals surface area contributed by atoms with Crippen LogP contribution >= 0.6 is 15.9 Å². The SMILES string of the molecule is CN1CCN(c2ccc(-c3n[nH]c4cc(N=CC5C(=O)Nc6ccc(Br)cc65)ccc34)cn2)CC1. The minimum atomic E-state index is -0.416. The van der Waals surface area contributed by atoms with Gasteiger partial charge in [-0.2, -0.15) is 5.10 Å². The zero-order chi connectivity index (χ0) is 23.9. The van der Waals surface area contributed by atoms with Gasteiger partial charge in [0.2, 0.25) is 5.91 Å². The van der Waals surface area contributed by atoms with E-state index in [0.29, 0.717) is 0 Å². The van der Waals surface area contributed by atoms with Crippen LogP contribution < -0.4 is 10.2 Å². The third-order valence-corrected chi connectivity index (χ3v) is 7.15. The Morgan fingerprint density at radius 3 is 2.74 bits per heavy atom. The van der Waals surface area contributed by atoms with Crippen LogP contribution in [0.5, 0.6) is 0 Å². The minimum Gasteiger partial charge on any atom is -0.354 e. The molecule has 0 spiro atoms. The molecule has 1 amide bonds. The number of carbonyl (C=O) groups excluding carboxylic acids is 1. The summed E-state index contributed by atoms with van der Waals surface area (Å²) in [5, 5.41) is 11.6. The normalized spacial score (nSPS) is 18.4. The van der Waals surface area contributed by atoms with Crippen LogP contribution in [0.2, 0.25) is 0 Å². The van der Waals surface area contributed by atoms with Crippen LogP contribution in [0, 0.1) is 0 Å². The van der Waals surface area contributed by atoms with Crippen LogP contribution in [0.25, 0.3) is 22.2 Å². The van der Waals surface area contributed by atoms with Crippen LogP contribution in [-0.2, 0) is 4.79 Å². The number of benzene rings is 2. The van der Waals surface area contributed by atoms with Crippen molar-refractivity contribution in [1.82, 2.24) is 20.1 Å². The largest absolute Gasteiger partial charge is 0.354 e. The summed E-state index contributed by atoms with van der Waals surface area (Å²) in [7, 11) is 2.15. The van der Waals surface area contributed by atoms with Gasteiger partial charge in [-0.05, 0) is 61.1 Å². The maximum Gasteiger partial charge on any atom is 0.237 e. The van der Waals surface area contributed by atoms with E-state index in [9.17, 15) is 4.79 Å². The number of halogens is 1. The number of hydrogen-bond acceptors (Lipinski definition) is 6. The third-order valence-electron chi connectivity index (χ3n) is 6.66. The number of aliphatic imine (C=N–C) groups is 1. The molecule has 176 valence electrons. The van der Waals surface area contributed by atoms with Gasteiger partial charge in [-0.25, -0.2) is 4.98 Å². The van der Waals surface area contributed by atoms with Crippen molar-refractivity contribution in [3.8, 4) is 11.3 Å². The van der Waals surface area contributed by atoms with Crippen molar-refractivity contribution in [2.75, 3.05) is 43.4 Å². The zero-order valence-corrected chi connectivity index (χ0v) is 20.8. The fraction of sp³-hybridized carbons (Fsp3) is 0.231. The molecule has 2 aliphatic rings. The molecule has 2 aromatic carbocycles. The van der Waals surface area contributed by atoms with Crippen molar-refractivity contribution in [2.45, 2.75) is 5.92 Å². The number of fused-ring (bicyclic) bond motifs is 2. The van der Waals surface area contributed by atoms with E-state index in [1.165, 1.54) is 0 Å². The molecule has 2 aromatic heterocycles. The van der Waals surface area contributed by atoms with E-state index in [2.05, 4.69) is 65.4 Å². The summed E-state index contributed by atoms with van der Waals surface area (Å²) >= 11 is 3.48. The second-order valence-electron chi connectivity index (χ2n) is 8.97. The highest BCUT2D eigenvalue weighted by atomic mass is 79.9. The summed E-state index contributed by atoms with van der Waals surface area (Å²) in [5.41, 5.74) is 5.22. The van der Waals surface area contributed by atoms with E-state index >= 15 is 0 Å². The highest BCUT2D eigenvalue weighted by Gasteiger charge is 2.29. The lowest BCUT2D eigenvalue weighted by atomic mass is 10.0. The van der Waals surface area contributed by atoms with Gasteiger partial charge in [0.1, 0.15) is 17.4 Å². The molecule has 1 fully saturated rings. The first-order valence-corrected chi connectivity index (χ1v) is 12.4. The van der Waals surface area contributed by atoms with E-state index in [1.807, 2.05) is 42.6 Å². The van der Waals surface area contributed by atoms with Gasteiger partial charge in [-0.3, -0.25) is 14.9 Å². The lowest BCUT2D eigenvalue weighted by Gasteiger charge is -2.33. The van der Waals surface area contributed by atoms with Crippen molar-refractivity contribution < 1.29 is 4.79 Å². The number of hydrogen-bond donors (Lipinski definition) is 2. The summed E-state index contributed by atoms with van der Waals surface area (Å²) in [6.45, 7) is 4.08. The lowest BCUT2D eigenvalue weighted by Crippen LogP contribution is -2.44. The van der Waals surface area contributed by atoms with Gasteiger partial charge in [-0.15, -0.1) is 0 Å². The molecule has 6 rings (SSSR count). The lowest BCUT2D eigenvalue weighted by molar-refractivity contribution is -0.115. The zero-order valence-electron chi connectivity index (χ0n) is 19.2. The fourth-order valence-electron chi connectivity index (χ4n) is 4.62. The Labute approximate surface area is 211 Å². The smallest absolute Gasteiger partial charge is 0.237 e. The highest BCUT2D eigenvalue weighted by molar-refractivity contribution is 9.10. The van der Waals surface area contributed by atoms with Crippen molar-refractivity contribution in [3.05, 3.63) is 64.8 Å². The maximum atomic E-state index is 12.4. The molecule has 35 heavy (non-hydrogen) atoms. The Morgan fingerprint density at radius 1 is 1.09 bits per heavy atom. The average molecular weight is 530 g/mol. The molecule has 0 saturated carbocycles. The first-order valence-electron chi connectivity index (χ1n) is 11.6.